The molecule has 4 amide bonds. The lowest BCUT2D eigenvalue weighted by molar-refractivity contribution is -0.136. The van der Waals surface area contributed by atoms with Crippen LogP contribution in [0.1, 0.15) is 44.0 Å². The van der Waals surface area contributed by atoms with E-state index in [9.17, 15) is 19.2 Å². The average molecular weight is 429 g/mol. The molecule has 168 valence electrons. The Kier molecular flexibility index (Phi) is 6.97. The molecular formula is C23H32N4O4. The van der Waals surface area contributed by atoms with Crippen LogP contribution in [-0.4, -0.2) is 83.1 Å². The summed E-state index contributed by atoms with van der Waals surface area (Å²) in [5, 5.41) is 2.67. The molecule has 1 aromatic carbocycles. The van der Waals surface area contributed by atoms with Crippen LogP contribution in [-0.2, 0) is 14.4 Å². The maximum absolute atomic E-state index is 13.0. The van der Waals surface area contributed by atoms with Crippen LogP contribution >= 0.6 is 0 Å². The van der Waals surface area contributed by atoms with E-state index in [0.29, 0.717) is 44.7 Å². The quantitative estimate of drug-likeness (QED) is 0.778. The Hall–Kier alpha value is -2.90. The van der Waals surface area contributed by atoms with E-state index in [0.717, 1.165) is 0 Å². The number of likely N-dealkylation sites (tertiary alicyclic amines) is 1. The molecule has 2 heterocycles. The lowest BCUT2D eigenvalue weighted by Crippen LogP contribution is -2.45. The zero-order chi connectivity index (χ0) is 22.6. The van der Waals surface area contributed by atoms with E-state index in [4.69, 9.17) is 0 Å². The zero-order valence-electron chi connectivity index (χ0n) is 18.6. The van der Waals surface area contributed by atoms with Crippen molar-refractivity contribution >= 4 is 23.6 Å². The van der Waals surface area contributed by atoms with Gasteiger partial charge in [0.2, 0.25) is 17.7 Å². The minimum Gasteiger partial charge on any atom is -0.343 e. The molecule has 1 aromatic rings. The fraction of sp³-hybridized carbons (Fsp3) is 0.565. The van der Waals surface area contributed by atoms with Gasteiger partial charge in [-0.15, -0.1) is 0 Å². The smallest absolute Gasteiger partial charge is 0.251 e. The number of carbonyl (C=O) groups is 4. The molecule has 2 saturated heterocycles. The minimum absolute atomic E-state index is 0.00761. The van der Waals surface area contributed by atoms with Crippen LogP contribution in [0.25, 0.3) is 0 Å². The first-order valence-electron chi connectivity index (χ1n) is 10.9. The van der Waals surface area contributed by atoms with Crippen molar-refractivity contribution in [2.45, 2.75) is 39.2 Å². The fourth-order valence-corrected chi connectivity index (χ4v) is 4.13. The van der Waals surface area contributed by atoms with E-state index in [2.05, 4.69) is 5.32 Å². The Morgan fingerprint density at radius 2 is 1.65 bits per heavy atom. The number of benzene rings is 1. The molecule has 0 aromatic heterocycles. The summed E-state index contributed by atoms with van der Waals surface area (Å²) in [6.07, 6.45) is 0.925. The Balaban J connectivity index is 1.50. The lowest BCUT2D eigenvalue weighted by atomic mass is 10.1. The summed E-state index contributed by atoms with van der Waals surface area (Å²) in [6.45, 7) is 8.29. The maximum atomic E-state index is 13.0. The molecule has 2 fully saturated rings. The highest BCUT2D eigenvalue weighted by Crippen LogP contribution is 2.27. The number of nitrogens with one attached hydrogen (secondary N) is 1. The van der Waals surface area contributed by atoms with Crippen LogP contribution in [0.3, 0.4) is 0 Å². The van der Waals surface area contributed by atoms with E-state index in [1.807, 2.05) is 26.8 Å². The summed E-state index contributed by atoms with van der Waals surface area (Å²) in [4.78, 5) is 55.3. The Morgan fingerprint density at radius 1 is 1.00 bits per heavy atom. The monoisotopic (exact) mass is 428 g/mol. The first-order chi connectivity index (χ1) is 14.7. The molecule has 1 N–H and O–H groups in total. The van der Waals surface area contributed by atoms with E-state index < -0.39 is 0 Å². The van der Waals surface area contributed by atoms with Gasteiger partial charge in [-0.3, -0.25) is 19.2 Å². The molecule has 0 spiro atoms. The molecule has 0 aliphatic carbocycles. The van der Waals surface area contributed by atoms with Gasteiger partial charge in [0.1, 0.15) is 0 Å². The largest absolute Gasteiger partial charge is 0.343 e. The van der Waals surface area contributed by atoms with Gasteiger partial charge in [0.15, 0.2) is 0 Å². The van der Waals surface area contributed by atoms with Crippen LogP contribution in [0.15, 0.2) is 30.3 Å². The summed E-state index contributed by atoms with van der Waals surface area (Å²) in [5.74, 6) is -0.749. The van der Waals surface area contributed by atoms with Gasteiger partial charge in [-0.1, -0.05) is 18.2 Å². The van der Waals surface area contributed by atoms with Gasteiger partial charge in [0.25, 0.3) is 5.91 Å². The van der Waals surface area contributed by atoms with Crippen molar-refractivity contribution in [3.8, 4) is 0 Å². The van der Waals surface area contributed by atoms with Gasteiger partial charge in [-0.2, -0.15) is 0 Å². The number of nitrogens with zero attached hydrogens (tertiary/aromatic N) is 3. The van der Waals surface area contributed by atoms with E-state index in [1.165, 1.54) is 0 Å². The lowest BCUT2D eigenvalue weighted by Gasteiger charge is -2.32. The summed E-state index contributed by atoms with van der Waals surface area (Å²) >= 11 is 0. The molecule has 2 aliphatic rings. The van der Waals surface area contributed by atoms with Crippen LogP contribution in [0.5, 0.6) is 0 Å². The molecule has 8 nitrogen and oxygen atoms in total. The second-order valence-corrected chi connectivity index (χ2v) is 9.18. The van der Waals surface area contributed by atoms with Crippen LogP contribution in [0.4, 0.5) is 0 Å². The van der Waals surface area contributed by atoms with Gasteiger partial charge in [0.05, 0.1) is 12.5 Å². The molecule has 1 unspecified atom stereocenters. The summed E-state index contributed by atoms with van der Waals surface area (Å²) in [5.41, 5.74) is 0.219. The van der Waals surface area contributed by atoms with Gasteiger partial charge in [-0.05, 0) is 39.3 Å². The summed E-state index contributed by atoms with van der Waals surface area (Å²) in [6, 6.07) is 8.77. The number of hydrogen-bond donors (Lipinski definition) is 1. The van der Waals surface area contributed by atoms with E-state index in [1.54, 1.807) is 39.0 Å². The fourth-order valence-electron chi connectivity index (χ4n) is 4.13. The van der Waals surface area contributed by atoms with E-state index in [-0.39, 0.29) is 48.1 Å². The normalized spacial score (nSPS) is 19.9. The van der Waals surface area contributed by atoms with Crippen molar-refractivity contribution in [3.05, 3.63) is 35.9 Å². The van der Waals surface area contributed by atoms with Crippen molar-refractivity contribution in [3.63, 3.8) is 0 Å². The molecule has 0 radical (unpaired) electrons. The first-order valence-corrected chi connectivity index (χ1v) is 10.9. The first kappa shape index (κ1) is 22.8. The molecule has 3 rings (SSSR count). The molecule has 0 saturated carbocycles. The molecule has 0 bridgehead atoms. The van der Waals surface area contributed by atoms with Crippen molar-refractivity contribution in [2.75, 3.05) is 39.3 Å². The molecule has 1 atom stereocenters. The summed E-state index contributed by atoms with van der Waals surface area (Å²) in [7, 11) is 0. The number of hydrogen-bond acceptors (Lipinski definition) is 4. The van der Waals surface area contributed by atoms with Crippen LogP contribution in [0, 0.1) is 5.92 Å². The van der Waals surface area contributed by atoms with Gasteiger partial charge >= 0.3 is 0 Å². The second kappa shape index (κ2) is 9.49. The van der Waals surface area contributed by atoms with Gasteiger partial charge < -0.3 is 20.0 Å². The predicted molar refractivity (Wildman–Crippen MR) is 116 cm³/mol. The maximum Gasteiger partial charge on any atom is 0.251 e. The highest BCUT2D eigenvalue weighted by Gasteiger charge is 2.41. The average Bonchev–Trinajstić information content (AvgIpc) is 2.98. The molecule has 8 heteroatoms. The Morgan fingerprint density at radius 3 is 2.29 bits per heavy atom. The van der Waals surface area contributed by atoms with Crippen molar-refractivity contribution in [1.29, 1.82) is 0 Å². The van der Waals surface area contributed by atoms with Crippen molar-refractivity contribution < 1.29 is 19.2 Å². The van der Waals surface area contributed by atoms with Crippen LogP contribution in [0.2, 0.25) is 0 Å². The third-order valence-corrected chi connectivity index (χ3v) is 5.88. The predicted octanol–water partition coefficient (Wildman–Crippen LogP) is 1.12. The van der Waals surface area contributed by atoms with Crippen LogP contribution < -0.4 is 5.32 Å². The molecular weight excluding hydrogens is 396 g/mol. The number of amides is 4. The van der Waals surface area contributed by atoms with Gasteiger partial charge in [0, 0.05) is 50.2 Å². The highest BCUT2D eigenvalue weighted by atomic mass is 16.2. The third kappa shape index (κ3) is 5.62. The summed E-state index contributed by atoms with van der Waals surface area (Å²) < 4.78 is 0. The highest BCUT2D eigenvalue weighted by molar-refractivity contribution is 5.96. The number of carbonyl (C=O) groups excluding carboxylic acids is 4. The van der Waals surface area contributed by atoms with Crippen molar-refractivity contribution in [2.24, 2.45) is 5.92 Å². The number of rotatable bonds is 4. The standard InChI is InChI=1S/C23H32N4O4/c1-23(2,3)27-16-18(14-19(27)28)22(31)26-11-7-10-25(12-13-26)20(29)15-24-21(30)17-8-5-4-6-9-17/h4-6,8-9,18H,7,10-16H2,1-3H3,(H,24,30). The Bertz CT molecular complexity index is 834. The third-order valence-electron chi connectivity index (χ3n) is 5.88. The molecule has 31 heavy (non-hydrogen) atoms. The topological polar surface area (TPSA) is 90.0 Å². The molecule has 2 aliphatic heterocycles. The zero-order valence-corrected chi connectivity index (χ0v) is 18.6. The second-order valence-electron chi connectivity index (χ2n) is 9.18. The minimum atomic E-state index is -0.320. The Labute approximate surface area is 183 Å². The SMILES string of the molecule is CC(C)(C)N1CC(C(=O)N2CCCN(C(=O)CNC(=O)c3ccccc3)CC2)CC1=O. The van der Waals surface area contributed by atoms with E-state index >= 15 is 0 Å². The van der Waals surface area contributed by atoms with Crippen molar-refractivity contribution in [1.82, 2.24) is 20.0 Å². The van der Waals surface area contributed by atoms with Gasteiger partial charge in [-0.25, -0.2) is 0 Å².